The number of hydrogen-bond donors (Lipinski definition) is 2. The molecule has 0 amide bonds. The van der Waals surface area contributed by atoms with E-state index in [1.54, 1.807) is 20.4 Å². The van der Waals surface area contributed by atoms with Crippen LogP contribution in [0.4, 0.5) is 5.13 Å². The summed E-state index contributed by atoms with van der Waals surface area (Å²) in [6.07, 6.45) is 3.72. The van der Waals surface area contributed by atoms with Crippen molar-refractivity contribution in [3.8, 4) is 22.8 Å². The van der Waals surface area contributed by atoms with Crippen LogP contribution in [0.2, 0.25) is 0 Å². The van der Waals surface area contributed by atoms with Crippen LogP contribution in [0.15, 0.2) is 59.1 Å². The Labute approximate surface area is 160 Å². The zero-order valence-corrected chi connectivity index (χ0v) is 15.7. The Morgan fingerprint density at radius 1 is 1.15 bits per heavy atom. The van der Waals surface area contributed by atoms with Crippen LogP contribution in [-0.2, 0) is 0 Å². The predicted molar refractivity (Wildman–Crippen MR) is 110 cm³/mol. The lowest BCUT2D eigenvalue weighted by atomic mass is 10.1. The number of aromatic amines is 1. The summed E-state index contributed by atoms with van der Waals surface area (Å²) in [5.41, 5.74) is 6.83. The van der Waals surface area contributed by atoms with Crippen molar-refractivity contribution in [1.82, 2.24) is 9.97 Å². The fourth-order valence-electron chi connectivity index (χ4n) is 2.82. The average Bonchev–Trinajstić information content (AvgIpc) is 3.35. The number of methoxy groups -OCH3 is 2. The maximum absolute atomic E-state index is 5.45. The van der Waals surface area contributed by atoms with Gasteiger partial charge < -0.3 is 14.5 Å². The first-order chi connectivity index (χ1) is 13.3. The molecule has 4 aromatic rings. The average molecular weight is 378 g/mol. The standard InChI is InChI=1S/C20H18N4O2S/c1-25-14-7-8-16(19(9-14)26-2)18-12-27-20(23-18)24-22-11-13-10-21-17-6-4-3-5-15(13)17/h3-12,21H,1-2H3,(H,23,24)/b22-11-. The molecule has 0 atom stereocenters. The number of para-hydroxylation sites is 1. The first-order valence-electron chi connectivity index (χ1n) is 8.31. The number of nitrogens with one attached hydrogen (secondary N) is 2. The zero-order chi connectivity index (χ0) is 18.6. The summed E-state index contributed by atoms with van der Waals surface area (Å²) in [6, 6.07) is 13.8. The van der Waals surface area contributed by atoms with Gasteiger partial charge in [0.15, 0.2) is 0 Å². The number of aromatic nitrogens is 2. The molecular weight excluding hydrogens is 360 g/mol. The minimum atomic E-state index is 0.707. The molecule has 2 N–H and O–H groups in total. The van der Waals surface area contributed by atoms with Gasteiger partial charge in [0.1, 0.15) is 11.5 Å². The Balaban J connectivity index is 1.52. The van der Waals surface area contributed by atoms with Gasteiger partial charge >= 0.3 is 0 Å². The maximum Gasteiger partial charge on any atom is 0.203 e. The van der Waals surface area contributed by atoms with E-state index in [2.05, 4.69) is 26.6 Å². The highest BCUT2D eigenvalue weighted by molar-refractivity contribution is 7.14. The van der Waals surface area contributed by atoms with Gasteiger partial charge in [-0.1, -0.05) is 18.2 Å². The molecule has 6 nitrogen and oxygen atoms in total. The molecule has 0 fully saturated rings. The third-order valence-electron chi connectivity index (χ3n) is 4.17. The summed E-state index contributed by atoms with van der Waals surface area (Å²) in [5.74, 6) is 1.46. The van der Waals surface area contributed by atoms with Crippen molar-refractivity contribution in [2.24, 2.45) is 5.10 Å². The van der Waals surface area contributed by atoms with Gasteiger partial charge in [-0.3, -0.25) is 5.43 Å². The van der Waals surface area contributed by atoms with Gasteiger partial charge in [-0.15, -0.1) is 11.3 Å². The molecule has 2 heterocycles. The molecule has 7 heteroatoms. The molecule has 0 unspecified atom stereocenters. The van der Waals surface area contributed by atoms with Gasteiger partial charge in [0, 0.05) is 39.7 Å². The van der Waals surface area contributed by atoms with Gasteiger partial charge in [0.2, 0.25) is 5.13 Å². The predicted octanol–water partition coefficient (Wildman–Crippen LogP) is 4.75. The summed E-state index contributed by atoms with van der Waals surface area (Å²) in [4.78, 5) is 7.82. The van der Waals surface area contributed by atoms with Crippen LogP contribution in [-0.4, -0.2) is 30.4 Å². The summed E-state index contributed by atoms with van der Waals surface area (Å²) in [7, 11) is 3.26. The number of ether oxygens (including phenoxy) is 2. The molecule has 0 spiro atoms. The second kappa shape index (κ2) is 7.51. The molecule has 0 aliphatic heterocycles. The Hall–Kier alpha value is -3.32. The van der Waals surface area contributed by atoms with Crippen LogP contribution >= 0.6 is 11.3 Å². The van der Waals surface area contributed by atoms with Crippen LogP contribution in [0, 0.1) is 0 Å². The minimum absolute atomic E-state index is 0.707. The first-order valence-corrected chi connectivity index (χ1v) is 9.19. The molecule has 27 heavy (non-hydrogen) atoms. The van der Waals surface area contributed by atoms with Gasteiger partial charge in [0.25, 0.3) is 0 Å². The van der Waals surface area contributed by atoms with Gasteiger partial charge in [-0.05, 0) is 18.2 Å². The third-order valence-corrected chi connectivity index (χ3v) is 4.92. The van der Waals surface area contributed by atoms with E-state index in [1.807, 2.05) is 48.0 Å². The van der Waals surface area contributed by atoms with Gasteiger partial charge in [-0.25, -0.2) is 4.98 Å². The normalized spacial score (nSPS) is 11.2. The number of rotatable bonds is 6. The summed E-state index contributed by atoms with van der Waals surface area (Å²) in [6.45, 7) is 0. The van der Waals surface area contributed by atoms with E-state index in [1.165, 1.54) is 11.3 Å². The molecule has 2 aromatic carbocycles. The number of H-pyrrole nitrogens is 1. The van der Waals surface area contributed by atoms with Gasteiger partial charge in [0.05, 0.1) is 26.1 Å². The Bertz CT molecular complexity index is 1100. The SMILES string of the molecule is COc1ccc(-c2csc(N/N=C\c3c[nH]c4ccccc34)n2)c(OC)c1. The number of hydrazone groups is 1. The molecule has 136 valence electrons. The Kier molecular flexibility index (Phi) is 4.76. The molecule has 0 saturated heterocycles. The van der Waals surface area contributed by atoms with Crippen molar-refractivity contribution in [3.05, 3.63) is 59.6 Å². The maximum atomic E-state index is 5.45. The topological polar surface area (TPSA) is 71.5 Å². The molecule has 0 aliphatic carbocycles. The van der Waals surface area contributed by atoms with Crippen LogP contribution in [0.3, 0.4) is 0 Å². The number of nitrogens with zero attached hydrogens (tertiary/aromatic N) is 2. The van der Waals surface area contributed by atoms with Crippen molar-refractivity contribution in [3.63, 3.8) is 0 Å². The van der Waals surface area contributed by atoms with Crippen molar-refractivity contribution in [2.75, 3.05) is 19.6 Å². The lowest BCUT2D eigenvalue weighted by Gasteiger charge is -2.08. The zero-order valence-electron chi connectivity index (χ0n) is 14.9. The van der Waals surface area contributed by atoms with Crippen molar-refractivity contribution >= 4 is 33.6 Å². The largest absolute Gasteiger partial charge is 0.497 e. The highest BCUT2D eigenvalue weighted by Crippen LogP contribution is 2.34. The van der Waals surface area contributed by atoms with E-state index in [0.29, 0.717) is 10.9 Å². The molecule has 0 radical (unpaired) electrons. The monoisotopic (exact) mass is 378 g/mol. The lowest BCUT2D eigenvalue weighted by molar-refractivity contribution is 0.395. The molecule has 0 saturated carbocycles. The number of thiazole rings is 1. The second-order valence-electron chi connectivity index (χ2n) is 5.76. The summed E-state index contributed by atoms with van der Waals surface area (Å²) >= 11 is 1.48. The summed E-state index contributed by atoms with van der Waals surface area (Å²) in [5, 5.41) is 8.12. The molecule has 2 aromatic heterocycles. The van der Waals surface area contributed by atoms with Crippen molar-refractivity contribution in [1.29, 1.82) is 0 Å². The van der Waals surface area contributed by atoms with E-state index < -0.39 is 0 Å². The summed E-state index contributed by atoms with van der Waals surface area (Å²) < 4.78 is 10.7. The van der Waals surface area contributed by atoms with Gasteiger partial charge in [-0.2, -0.15) is 5.10 Å². The Morgan fingerprint density at radius 2 is 2.04 bits per heavy atom. The third kappa shape index (κ3) is 3.50. The lowest BCUT2D eigenvalue weighted by Crippen LogP contribution is -1.92. The van der Waals surface area contributed by atoms with Crippen LogP contribution in [0.5, 0.6) is 11.5 Å². The quantitative estimate of drug-likeness (QED) is 0.375. The second-order valence-corrected chi connectivity index (χ2v) is 6.62. The number of fused-ring (bicyclic) bond motifs is 1. The van der Waals surface area contributed by atoms with Crippen LogP contribution < -0.4 is 14.9 Å². The van der Waals surface area contributed by atoms with E-state index in [4.69, 9.17) is 9.47 Å². The first kappa shape index (κ1) is 17.1. The molecule has 0 aliphatic rings. The molecular formula is C20H18N4O2S. The number of anilines is 1. The fraction of sp³-hybridized carbons (Fsp3) is 0.100. The number of benzene rings is 2. The number of hydrogen-bond acceptors (Lipinski definition) is 6. The van der Waals surface area contributed by atoms with E-state index >= 15 is 0 Å². The highest BCUT2D eigenvalue weighted by Gasteiger charge is 2.11. The molecule has 0 bridgehead atoms. The van der Waals surface area contributed by atoms with Crippen LogP contribution in [0.1, 0.15) is 5.56 Å². The fourth-order valence-corrected chi connectivity index (χ4v) is 3.48. The minimum Gasteiger partial charge on any atom is -0.497 e. The molecule has 4 rings (SSSR count). The Morgan fingerprint density at radius 3 is 2.89 bits per heavy atom. The van der Waals surface area contributed by atoms with E-state index in [-0.39, 0.29) is 0 Å². The smallest absolute Gasteiger partial charge is 0.203 e. The van der Waals surface area contributed by atoms with Crippen molar-refractivity contribution < 1.29 is 9.47 Å². The van der Waals surface area contributed by atoms with E-state index in [0.717, 1.165) is 33.5 Å². The van der Waals surface area contributed by atoms with E-state index in [9.17, 15) is 0 Å². The highest BCUT2D eigenvalue weighted by atomic mass is 32.1. The van der Waals surface area contributed by atoms with Crippen molar-refractivity contribution in [2.45, 2.75) is 0 Å². The van der Waals surface area contributed by atoms with Crippen LogP contribution in [0.25, 0.3) is 22.2 Å².